The van der Waals surface area contributed by atoms with Gasteiger partial charge < -0.3 is 0 Å². The van der Waals surface area contributed by atoms with Crippen molar-refractivity contribution in [3.05, 3.63) is 64.2 Å². The van der Waals surface area contributed by atoms with E-state index in [9.17, 15) is 9.59 Å². The van der Waals surface area contributed by atoms with Gasteiger partial charge in [0.2, 0.25) is 0 Å². The van der Waals surface area contributed by atoms with E-state index in [0.29, 0.717) is 11.1 Å². The molecule has 3 rings (SSSR count). The van der Waals surface area contributed by atoms with Gasteiger partial charge in [-0.1, -0.05) is 0 Å². The summed E-state index contributed by atoms with van der Waals surface area (Å²) >= 11 is -0.256. The van der Waals surface area contributed by atoms with Crippen LogP contribution in [0, 0.1) is 0 Å². The van der Waals surface area contributed by atoms with Crippen LogP contribution in [0.15, 0.2) is 36.4 Å². The second kappa shape index (κ2) is 6.86. The number of aromatic carboxylic acids is 1. The average Bonchev–Trinajstić information content (AvgIpc) is 2.64. The number of carbonyl (C=O) groups is 2. The fourth-order valence-electron chi connectivity index (χ4n) is 3.92. The van der Waals surface area contributed by atoms with E-state index in [-0.39, 0.29) is 37.0 Å². The SMILES string of the molecule is [CH2]=[Al][c]1cc2c(cc1C(=O)c1ccc(C(=O)O)cc1)C(C)(C)CCC2(C)C. The predicted molar refractivity (Wildman–Crippen MR) is 111 cm³/mol. The number of ketones is 1. The summed E-state index contributed by atoms with van der Waals surface area (Å²) in [7, 11) is 0. The van der Waals surface area contributed by atoms with Crippen molar-refractivity contribution in [2.24, 2.45) is 0 Å². The standard InChI is InChI=1S/C22H23O3.CH2.Al/c1-21(2)11-12-22(3,4)18-13-16(9-10-17(18)21)19(23)14-5-7-15(8-6-14)20(24)25;;/h5-8,10,13H,11-12H2,1-4H3,(H,24,25);1H2;. The molecule has 2 aromatic rings. The van der Waals surface area contributed by atoms with E-state index in [1.165, 1.54) is 23.3 Å². The molecule has 138 valence electrons. The molecule has 0 bridgehead atoms. The molecule has 3 nitrogen and oxygen atoms in total. The van der Waals surface area contributed by atoms with Gasteiger partial charge >= 0.3 is 167 Å². The first-order valence-electron chi connectivity index (χ1n) is 9.26. The average molecular weight is 376 g/mol. The van der Waals surface area contributed by atoms with Gasteiger partial charge in [0.25, 0.3) is 0 Å². The Balaban J connectivity index is 2.14. The van der Waals surface area contributed by atoms with E-state index in [4.69, 9.17) is 5.11 Å². The molecule has 2 aromatic carbocycles. The van der Waals surface area contributed by atoms with Crippen molar-refractivity contribution in [2.45, 2.75) is 51.4 Å². The molecule has 0 radical (unpaired) electrons. The predicted octanol–water partition coefficient (Wildman–Crippen LogP) is 3.73. The number of carboxylic acid groups (broad SMARTS) is 1. The summed E-state index contributed by atoms with van der Waals surface area (Å²) in [6.07, 6.45) is 2.22. The zero-order chi connectivity index (χ0) is 20.0. The molecule has 0 saturated heterocycles. The van der Waals surface area contributed by atoms with Crippen LogP contribution in [-0.2, 0) is 10.8 Å². The van der Waals surface area contributed by atoms with Gasteiger partial charge in [0.15, 0.2) is 0 Å². The molecule has 0 saturated carbocycles. The van der Waals surface area contributed by atoms with Crippen LogP contribution in [-0.4, -0.2) is 37.0 Å². The molecule has 0 atom stereocenters. The fraction of sp³-hybridized carbons (Fsp3) is 0.348. The summed E-state index contributed by atoms with van der Waals surface area (Å²) in [6, 6.07) is 10.5. The van der Waals surface area contributed by atoms with Crippen LogP contribution in [0.1, 0.15) is 77.9 Å². The molecular formula is C23H25AlO3. The summed E-state index contributed by atoms with van der Waals surface area (Å²) in [5, 5.41) is 13.2. The molecule has 0 aliphatic heterocycles. The molecule has 1 aliphatic carbocycles. The summed E-state index contributed by atoms with van der Waals surface area (Å²) in [5.74, 6) is -1.05. The molecule has 0 heterocycles. The van der Waals surface area contributed by atoms with E-state index in [1.807, 2.05) is 0 Å². The second-order valence-corrected chi connectivity index (χ2v) is 9.70. The van der Waals surface area contributed by atoms with E-state index < -0.39 is 5.97 Å². The van der Waals surface area contributed by atoms with E-state index in [1.54, 1.807) is 12.1 Å². The van der Waals surface area contributed by atoms with Gasteiger partial charge in [-0.25, -0.2) is 0 Å². The van der Waals surface area contributed by atoms with Gasteiger partial charge in [-0.2, -0.15) is 0 Å². The number of carbonyl (C=O) groups excluding carboxylic acids is 1. The van der Waals surface area contributed by atoms with Crippen LogP contribution in [0.3, 0.4) is 0 Å². The number of rotatable bonds is 4. The summed E-state index contributed by atoms with van der Waals surface area (Å²) in [6.45, 7) is 9.03. The number of fused-ring (bicyclic) bond motifs is 1. The molecule has 4 heteroatoms. The van der Waals surface area contributed by atoms with E-state index >= 15 is 0 Å². The van der Waals surface area contributed by atoms with Crippen LogP contribution < -0.4 is 4.43 Å². The third-order valence-electron chi connectivity index (χ3n) is 5.88. The topological polar surface area (TPSA) is 54.4 Å². The van der Waals surface area contributed by atoms with E-state index in [0.717, 1.165) is 17.3 Å². The second-order valence-electron chi connectivity index (χ2n) is 8.67. The first kappa shape index (κ1) is 19.7. The molecule has 0 spiro atoms. The Labute approximate surface area is 166 Å². The zero-order valence-corrected chi connectivity index (χ0v) is 17.6. The van der Waals surface area contributed by atoms with Crippen LogP contribution in [0.2, 0.25) is 0 Å². The number of benzene rings is 2. The van der Waals surface area contributed by atoms with Gasteiger partial charge in [-0.15, -0.1) is 0 Å². The first-order chi connectivity index (χ1) is 12.6. The van der Waals surface area contributed by atoms with Crippen molar-refractivity contribution < 1.29 is 14.7 Å². The third kappa shape index (κ3) is 3.57. The summed E-state index contributed by atoms with van der Waals surface area (Å²) in [4.78, 5) is 24.3. The van der Waals surface area contributed by atoms with Gasteiger partial charge in [-0.05, 0) is 0 Å². The molecular weight excluding hydrogens is 351 g/mol. The fourth-order valence-corrected chi connectivity index (χ4v) is 4.63. The van der Waals surface area contributed by atoms with Crippen molar-refractivity contribution in [1.29, 1.82) is 0 Å². The van der Waals surface area contributed by atoms with Crippen LogP contribution in [0.5, 0.6) is 0 Å². The number of hydrogen-bond donors (Lipinski definition) is 1. The van der Waals surface area contributed by atoms with Crippen LogP contribution >= 0.6 is 0 Å². The quantitative estimate of drug-likeness (QED) is 0.654. The van der Waals surface area contributed by atoms with Crippen molar-refractivity contribution in [1.82, 2.24) is 0 Å². The van der Waals surface area contributed by atoms with Crippen LogP contribution in [0.25, 0.3) is 0 Å². The monoisotopic (exact) mass is 376 g/mol. The van der Waals surface area contributed by atoms with Crippen molar-refractivity contribution >= 4 is 36.3 Å². The molecule has 1 N–H and O–H groups in total. The van der Waals surface area contributed by atoms with Gasteiger partial charge in [-0.3, -0.25) is 0 Å². The van der Waals surface area contributed by atoms with Gasteiger partial charge in [0.1, 0.15) is 0 Å². The Bertz CT molecular complexity index is 937. The Morgan fingerprint density at radius 3 is 1.89 bits per heavy atom. The first-order valence-corrected chi connectivity index (χ1v) is 10.7. The Hall–Kier alpha value is -2.02. The third-order valence-corrected chi connectivity index (χ3v) is 6.80. The van der Waals surface area contributed by atoms with E-state index in [2.05, 4.69) is 45.2 Å². The van der Waals surface area contributed by atoms with Crippen molar-refractivity contribution in [3.63, 3.8) is 0 Å². The number of carboxylic acids is 1. The maximum atomic E-state index is 13.2. The molecule has 0 amide bonds. The molecule has 0 unspecified atom stereocenters. The summed E-state index contributed by atoms with van der Waals surface area (Å²) < 4.78 is 1.03. The Kier molecular flexibility index (Phi) is 5.01. The van der Waals surface area contributed by atoms with Crippen LogP contribution in [0.4, 0.5) is 0 Å². The zero-order valence-electron chi connectivity index (χ0n) is 16.4. The Morgan fingerprint density at radius 1 is 0.926 bits per heavy atom. The molecule has 0 fully saturated rings. The summed E-state index contributed by atoms with van der Waals surface area (Å²) in [5.41, 5.74) is 4.13. The van der Waals surface area contributed by atoms with Gasteiger partial charge in [0.05, 0.1) is 0 Å². The minimum absolute atomic E-state index is 0.0298. The maximum absolute atomic E-state index is 13.2. The normalized spacial score (nSPS) is 16.9. The number of hydrogen-bond acceptors (Lipinski definition) is 2. The molecule has 1 aliphatic rings. The molecule has 27 heavy (non-hydrogen) atoms. The molecule has 0 aromatic heterocycles. The minimum atomic E-state index is -0.991. The van der Waals surface area contributed by atoms with Crippen molar-refractivity contribution in [2.75, 3.05) is 0 Å². The van der Waals surface area contributed by atoms with Gasteiger partial charge in [0, 0.05) is 0 Å². The van der Waals surface area contributed by atoms with Crippen molar-refractivity contribution in [3.8, 4) is 0 Å². The Morgan fingerprint density at radius 2 is 1.41 bits per heavy atom.